The summed E-state index contributed by atoms with van der Waals surface area (Å²) in [7, 11) is 0. The van der Waals surface area contributed by atoms with Gasteiger partial charge in [0.1, 0.15) is 12.2 Å². The van der Waals surface area contributed by atoms with Crippen LogP contribution in [0.15, 0.2) is 15.8 Å². The van der Waals surface area contributed by atoms with E-state index >= 15 is 0 Å². The fourth-order valence-electron chi connectivity index (χ4n) is 2.94. The summed E-state index contributed by atoms with van der Waals surface area (Å²) in [6.45, 7) is 4.92. The number of aromatic nitrogens is 2. The summed E-state index contributed by atoms with van der Waals surface area (Å²) in [5.74, 6) is 0. The highest BCUT2D eigenvalue weighted by molar-refractivity contribution is 7.72. The molecule has 3 N–H and O–H groups in total. The summed E-state index contributed by atoms with van der Waals surface area (Å²) >= 11 is 0. The molecular formula is C17H29N2O5P. The fourth-order valence-corrected chi connectivity index (χ4v) is 3.89. The first-order valence-corrected chi connectivity index (χ1v) is 11.7. The average Bonchev–Trinajstić information content (AvgIpc) is 2.80. The minimum atomic E-state index is -1.28. The van der Waals surface area contributed by atoms with Crippen molar-refractivity contribution in [3.05, 3.63) is 32.6 Å². The lowest BCUT2D eigenvalue weighted by molar-refractivity contribution is -0.0404. The van der Waals surface area contributed by atoms with E-state index in [0.29, 0.717) is 18.4 Å². The van der Waals surface area contributed by atoms with Gasteiger partial charge >= 0.3 is 5.69 Å². The van der Waals surface area contributed by atoms with Gasteiger partial charge in [0.25, 0.3) is 5.56 Å². The molecule has 0 saturated carbocycles. The number of aryl methyl sites for hydroxylation is 1. The van der Waals surface area contributed by atoms with E-state index in [1.807, 2.05) is 6.92 Å². The number of hydrogen-bond acceptors (Lipinski definition) is 5. The van der Waals surface area contributed by atoms with Crippen LogP contribution in [0.25, 0.3) is 0 Å². The lowest BCUT2D eigenvalue weighted by Crippen LogP contribution is -2.38. The van der Waals surface area contributed by atoms with Gasteiger partial charge in [0.15, 0.2) is 6.23 Å². The van der Waals surface area contributed by atoms with Crippen LogP contribution in [0.1, 0.15) is 38.0 Å². The fraction of sp³-hybridized carbons (Fsp3) is 0.706. The molecule has 4 atom stereocenters. The predicted octanol–water partition coefficient (Wildman–Crippen LogP) is 0.598. The molecule has 0 bridgehead atoms. The number of aliphatic hydroxyl groups is 2. The van der Waals surface area contributed by atoms with Crippen molar-refractivity contribution < 1.29 is 14.9 Å². The van der Waals surface area contributed by atoms with Crippen molar-refractivity contribution >= 4 is 13.2 Å². The minimum Gasteiger partial charge on any atom is -0.388 e. The van der Waals surface area contributed by atoms with Gasteiger partial charge < -0.3 is 14.9 Å². The second kappa shape index (κ2) is 8.04. The van der Waals surface area contributed by atoms with Crippen LogP contribution < -0.4 is 11.2 Å². The number of nitrogens with zero attached hydrogens (tertiary/aromatic N) is 1. The van der Waals surface area contributed by atoms with Crippen LogP contribution in [0.2, 0.25) is 0 Å². The van der Waals surface area contributed by atoms with E-state index in [4.69, 9.17) is 4.74 Å². The molecular weight excluding hydrogens is 343 g/mol. The lowest BCUT2D eigenvalue weighted by atomic mass is 10.1. The van der Waals surface area contributed by atoms with Crippen LogP contribution in [-0.4, -0.2) is 63.9 Å². The second-order valence-corrected chi connectivity index (χ2v) is 11.7. The predicted molar refractivity (Wildman–Crippen MR) is 101 cm³/mol. The van der Waals surface area contributed by atoms with Crippen molar-refractivity contribution in [1.82, 2.24) is 9.55 Å². The molecule has 2 unspecified atom stereocenters. The molecule has 0 aromatic carbocycles. The summed E-state index contributed by atoms with van der Waals surface area (Å²) in [4.78, 5) is 26.3. The first kappa shape index (κ1) is 20.2. The SMILES string of the molecule is C=P(C)(C)CCC1OC(n2cc(CCCC)c(=O)[nH]c2=O)[C@H](O)[C@@H]1O. The summed E-state index contributed by atoms with van der Waals surface area (Å²) < 4.78 is 6.96. The Hall–Kier alpha value is -1.14. The Kier molecular flexibility index (Phi) is 6.49. The number of hydrogen-bond donors (Lipinski definition) is 3. The van der Waals surface area contributed by atoms with Crippen molar-refractivity contribution in [3.8, 4) is 0 Å². The molecule has 1 aliphatic rings. The second-order valence-electron chi connectivity index (χ2n) is 7.42. The molecule has 142 valence electrons. The van der Waals surface area contributed by atoms with Crippen LogP contribution in [0.3, 0.4) is 0 Å². The van der Waals surface area contributed by atoms with Gasteiger partial charge in [-0.3, -0.25) is 14.3 Å². The molecule has 7 nitrogen and oxygen atoms in total. The lowest BCUT2D eigenvalue weighted by Gasteiger charge is -2.19. The topological polar surface area (TPSA) is 105 Å². The van der Waals surface area contributed by atoms with Gasteiger partial charge in [-0.05, 0) is 38.8 Å². The molecule has 8 heteroatoms. The Labute approximate surface area is 147 Å². The van der Waals surface area contributed by atoms with Crippen molar-refractivity contribution in [2.75, 3.05) is 19.5 Å². The zero-order valence-corrected chi connectivity index (χ0v) is 16.0. The first-order chi connectivity index (χ1) is 11.6. The maximum atomic E-state index is 12.2. The molecule has 1 aliphatic heterocycles. The summed E-state index contributed by atoms with van der Waals surface area (Å²) in [6.07, 6.45) is 5.39. The molecule has 0 amide bonds. The van der Waals surface area contributed by atoms with Gasteiger partial charge in [0.05, 0.1) is 6.10 Å². The Bertz CT molecular complexity index is 750. The molecule has 1 saturated heterocycles. The molecule has 25 heavy (non-hydrogen) atoms. The number of aromatic amines is 1. The standard InChI is InChI=1S/C17H29N2O5P/c1-5-6-7-11-10-19(17(23)18-15(11)22)16-14(21)13(20)12(24-16)8-9-25(2,3)4/h10,12-14,16,20-21H,2,5-9H2,1,3-4H3,(H,18,22,23)/t12?,13-,14-,16?/m1/s1. The minimum absolute atomic E-state index is 0.414. The quantitative estimate of drug-likeness (QED) is 0.608. The highest BCUT2D eigenvalue weighted by Crippen LogP contribution is 2.39. The van der Waals surface area contributed by atoms with Crippen LogP contribution >= 0.6 is 6.89 Å². The Morgan fingerprint density at radius 1 is 1.32 bits per heavy atom. The number of ether oxygens (including phenoxy) is 1. The number of nitrogens with one attached hydrogen (secondary N) is 1. The third-order valence-electron chi connectivity index (χ3n) is 4.47. The molecule has 1 aromatic rings. The third kappa shape index (κ3) is 4.94. The monoisotopic (exact) mass is 372 g/mol. The number of rotatable bonds is 7. The van der Waals surface area contributed by atoms with Gasteiger partial charge in [0, 0.05) is 11.8 Å². The van der Waals surface area contributed by atoms with E-state index in [1.165, 1.54) is 10.8 Å². The van der Waals surface area contributed by atoms with Crippen molar-refractivity contribution in [2.45, 2.75) is 57.1 Å². The van der Waals surface area contributed by atoms with E-state index in [9.17, 15) is 19.8 Å². The zero-order chi connectivity index (χ0) is 18.8. The molecule has 1 fully saturated rings. The van der Waals surface area contributed by atoms with Crippen LogP contribution in [0.4, 0.5) is 0 Å². The molecule has 0 radical (unpaired) electrons. The highest BCUT2D eigenvalue weighted by Gasteiger charge is 2.43. The van der Waals surface area contributed by atoms with Crippen molar-refractivity contribution in [2.24, 2.45) is 0 Å². The normalized spacial score (nSPS) is 26.9. The number of H-pyrrole nitrogens is 1. The molecule has 2 heterocycles. The Morgan fingerprint density at radius 3 is 2.60 bits per heavy atom. The van der Waals surface area contributed by atoms with E-state index < -0.39 is 42.7 Å². The maximum Gasteiger partial charge on any atom is 0.330 e. The Morgan fingerprint density at radius 2 is 2.00 bits per heavy atom. The first-order valence-electron chi connectivity index (χ1n) is 8.67. The van der Waals surface area contributed by atoms with Crippen LogP contribution in [0.5, 0.6) is 0 Å². The van der Waals surface area contributed by atoms with E-state index in [0.717, 1.165) is 19.0 Å². The van der Waals surface area contributed by atoms with E-state index in [-0.39, 0.29) is 0 Å². The highest BCUT2D eigenvalue weighted by atomic mass is 31.2. The van der Waals surface area contributed by atoms with Crippen LogP contribution in [0, 0.1) is 0 Å². The van der Waals surface area contributed by atoms with Gasteiger partial charge in [-0.2, -0.15) is 0 Å². The van der Waals surface area contributed by atoms with Gasteiger partial charge in [0.2, 0.25) is 0 Å². The third-order valence-corrected chi connectivity index (χ3v) is 5.94. The maximum absolute atomic E-state index is 12.2. The molecule has 0 aliphatic carbocycles. The molecule has 2 rings (SSSR count). The van der Waals surface area contributed by atoms with Crippen molar-refractivity contribution in [3.63, 3.8) is 0 Å². The van der Waals surface area contributed by atoms with Crippen molar-refractivity contribution in [1.29, 1.82) is 0 Å². The smallest absolute Gasteiger partial charge is 0.330 e. The largest absolute Gasteiger partial charge is 0.388 e. The number of unbranched alkanes of at least 4 members (excludes halogenated alkanes) is 1. The van der Waals surface area contributed by atoms with E-state index in [1.54, 1.807) is 0 Å². The van der Waals surface area contributed by atoms with Gasteiger partial charge in [-0.15, -0.1) is 13.2 Å². The summed E-state index contributed by atoms with van der Waals surface area (Å²) in [5, 5.41) is 20.6. The van der Waals surface area contributed by atoms with Gasteiger partial charge in [-0.25, -0.2) is 4.79 Å². The summed E-state index contributed by atoms with van der Waals surface area (Å²) in [5.41, 5.74) is -0.588. The van der Waals surface area contributed by atoms with Crippen LogP contribution in [-0.2, 0) is 11.2 Å². The van der Waals surface area contributed by atoms with E-state index in [2.05, 4.69) is 24.6 Å². The zero-order valence-electron chi connectivity index (χ0n) is 15.1. The van der Waals surface area contributed by atoms with Gasteiger partial charge in [-0.1, -0.05) is 13.3 Å². The summed E-state index contributed by atoms with van der Waals surface area (Å²) in [6, 6.07) is 0. The Balaban J connectivity index is 2.24. The number of aliphatic hydroxyl groups excluding tert-OH is 2. The molecule has 0 spiro atoms. The average molecular weight is 372 g/mol. The molecule has 1 aromatic heterocycles.